The summed E-state index contributed by atoms with van der Waals surface area (Å²) in [6.45, 7) is 0. The van der Waals surface area contributed by atoms with Crippen molar-refractivity contribution in [3.05, 3.63) is 24.7 Å². The zero-order valence-electron chi connectivity index (χ0n) is 11.5. The molecule has 118 valence electrons. The van der Waals surface area contributed by atoms with Gasteiger partial charge in [-0.2, -0.15) is 0 Å². The molecule has 0 aliphatic carbocycles. The Balaban J connectivity index is 0.000000202. The van der Waals surface area contributed by atoms with E-state index in [0.717, 1.165) is 11.5 Å². The van der Waals surface area contributed by atoms with E-state index in [1.165, 1.54) is 12.7 Å². The lowest BCUT2D eigenvalue weighted by atomic mass is 10.3. The van der Waals surface area contributed by atoms with Crippen molar-refractivity contribution >= 4 is 29.1 Å². The van der Waals surface area contributed by atoms with Gasteiger partial charge >= 0.3 is 0 Å². The van der Waals surface area contributed by atoms with Crippen LogP contribution in [0, 0.1) is 0 Å². The van der Waals surface area contributed by atoms with Crippen molar-refractivity contribution in [3.63, 3.8) is 0 Å². The van der Waals surface area contributed by atoms with Gasteiger partial charge in [0, 0.05) is 0 Å². The molecule has 0 bridgehead atoms. The Morgan fingerprint density at radius 3 is 2.55 bits per heavy atom. The fourth-order valence-electron chi connectivity index (χ4n) is 1.68. The van der Waals surface area contributed by atoms with E-state index in [1.807, 2.05) is 0 Å². The summed E-state index contributed by atoms with van der Waals surface area (Å²) in [7, 11) is 0. The number of nitrogens with zero attached hydrogens (tertiary/aromatic N) is 5. The number of imidazole rings is 2. The van der Waals surface area contributed by atoms with E-state index in [4.69, 9.17) is 11.5 Å². The summed E-state index contributed by atoms with van der Waals surface area (Å²) in [5, 5.41) is 2.86. The van der Waals surface area contributed by atoms with Gasteiger partial charge < -0.3 is 38.4 Å². The normalized spacial score (nSPS) is 14.7. The van der Waals surface area contributed by atoms with Crippen LogP contribution in [0.5, 0.6) is 0 Å². The molecule has 1 unspecified atom stereocenters. The molecule has 3 aromatic rings. The summed E-state index contributed by atoms with van der Waals surface area (Å²) in [5.74, 6) is 1.20. The smallest absolute Gasteiger partial charge is 0.182 e. The van der Waals surface area contributed by atoms with Crippen LogP contribution in [-0.4, -0.2) is 41.7 Å². The van der Waals surface area contributed by atoms with E-state index in [1.54, 1.807) is 12.7 Å². The van der Waals surface area contributed by atoms with Crippen molar-refractivity contribution in [2.24, 2.45) is 10.7 Å². The molecule has 3 aromatic heterocycles. The first kappa shape index (κ1) is 17.0. The summed E-state index contributed by atoms with van der Waals surface area (Å²) >= 11 is 0. The Labute approximate surface area is 124 Å². The third-order valence-electron chi connectivity index (χ3n) is 2.65. The topological polar surface area (TPSA) is 226 Å². The van der Waals surface area contributed by atoms with E-state index in [2.05, 4.69) is 40.2 Å². The van der Waals surface area contributed by atoms with Gasteiger partial charge in [-0.1, -0.05) is 0 Å². The van der Waals surface area contributed by atoms with E-state index < -0.39 is 0 Å². The molecule has 12 nitrogen and oxygen atoms in total. The van der Waals surface area contributed by atoms with Crippen LogP contribution in [0.1, 0.15) is 11.9 Å². The van der Waals surface area contributed by atoms with Crippen molar-refractivity contribution in [3.8, 4) is 0 Å². The van der Waals surface area contributed by atoms with Crippen LogP contribution in [0.2, 0.25) is 0 Å². The Bertz CT molecular complexity index is 748. The molecule has 0 saturated carbocycles. The van der Waals surface area contributed by atoms with Crippen LogP contribution in [0.15, 0.2) is 24.0 Å². The van der Waals surface area contributed by atoms with Gasteiger partial charge in [0.15, 0.2) is 17.3 Å². The predicted molar refractivity (Wildman–Crippen MR) is 82.4 cm³/mol. The number of aliphatic imine (C=N–C) groups is 1. The van der Waals surface area contributed by atoms with Gasteiger partial charge in [0.1, 0.15) is 18.0 Å². The lowest BCUT2D eigenvalue weighted by Gasteiger charge is -2.10. The molecule has 0 amide bonds. The molecule has 4 rings (SSSR count). The van der Waals surface area contributed by atoms with Crippen molar-refractivity contribution in [1.29, 1.82) is 0 Å². The second-order valence-electron chi connectivity index (χ2n) is 3.89. The minimum absolute atomic E-state index is 0. The Kier molecular flexibility index (Phi) is 5.45. The number of nitrogens with one attached hydrogen (secondary N) is 3. The number of nitrogen functional groups attached to an aromatic ring is 1. The van der Waals surface area contributed by atoms with Crippen LogP contribution in [0.25, 0.3) is 11.2 Å². The maximum Gasteiger partial charge on any atom is 0.182 e. The molecule has 4 heterocycles. The summed E-state index contributed by atoms with van der Waals surface area (Å²) < 4.78 is 0. The summed E-state index contributed by atoms with van der Waals surface area (Å²) in [5.41, 5.74) is 13.2. The summed E-state index contributed by atoms with van der Waals surface area (Å²) in [6, 6.07) is 0. The molecule has 12 N–H and O–H groups in total. The monoisotopic (exact) mass is 307 g/mol. The lowest BCUT2D eigenvalue weighted by molar-refractivity contribution is 0.749. The molecular weight excluding hydrogens is 290 g/mol. The SMILES string of the molecule is N.NC1N=CNc2nc[nH]c21.Nc1ncnc2nc[nH]c12.O. The number of aromatic amines is 2. The maximum absolute atomic E-state index is 5.58. The van der Waals surface area contributed by atoms with Crippen molar-refractivity contribution in [1.82, 2.24) is 36.1 Å². The second kappa shape index (κ2) is 7.07. The molecule has 0 radical (unpaired) electrons. The maximum atomic E-state index is 5.58. The number of fused-ring (bicyclic) bond motifs is 2. The third kappa shape index (κ3) is 3.14. The minimum Gasteiger partial charge on any atom is -0.412 e. The van der Waals surface area contributed by atoms with Crippen molar-refractivity contribution in [2.75, 3.05) is 11.1 Å². The van der Waals surface area contributed by atoms with Gasteiger partial charge in [0.25, 0.3) is 0 Å². The van der Waals surface area contributed by atoms with Crippen LogP contribution in [0.4, 0.5) is 11.6 Å². The molecule has 0 saturated heterocycles. The van der Waals surface area contributed by atoms with Crippen molar-refractivity contribution in [2.45, 2.75) is 6.17 Å². The molecule has 0 spiro atoms. The first-order chi connectivity index (χ1) is 9.75. The highest BCUT2D eigenvalue weighted by molar-refractivity contribution is 5.80. The zero-order valence-corrected chi connectivity index (χ0v) is 11.5. The molecule has 22 heavy (non-hydrogen) atoms. The van der Waals surface area contributed by atoms with Crippen LogP contribution < -0.4 is 22.9 Å². The quantitative estimate of drug-likeness (QED) is 0.304. The number of H-pyrrole nitrogens is 2. The molecule has 1 atom stereocenters. The predicted octanol–water partition coefficient (Wildman–Crippen LogP) is -0.907. The van der Waals surface area contributed by atoms with Gasteiger partial charge in [-0.3, -0.25) is 4.99 Å². The van der Waals surface area contributed by atoms with E-state index in [0.29, 0.717) is 17.0 Å². The molecule has 12 heteroatoms. The number of rotatable bonds is 0. The lowest BCUT2D eigenvalue weighted by Crippen LogP contribution is -2.16. The molecule has 1 aliphatic rings. The standard InChI is InChI=1S/C5H7N5.C5H5N5.H3N.H2O/c2*6-4-3-5(9-1-7-3)10-2-8-4;;/h1-2,4H,6H2,(H,7,9)(H,8,10);1-2H,(H3,6,7,8,9,10);1H3;1H2. The minimum atomic E-state index is -0.293. The van der Waals surface area contributed by atoms with E-state index in [9.17, 15) is 0 Å². The van der Waals surface area contributed by atoms with Gasteiger partial charge in [-0.05, 0) is 0 Å². The highest BCUT2D eigenvalue weighted by Crippen LogP contribution is 2.19. The van der Waals surface area contributed by atoms with Gasteiger partial charge in [0.2, 0.25) is 0 Å². The molecule has 0 fully saturated rings. The zero-order chi connectivity index (χ0) is 13.9. The van der Waals surface area contributed by atoms with Crippen LogP contribution >= 0.6 is 0 Å². The van der Waals surface area contributed by atoms with Gasteiger partial charge in [-0.25, -0.2) is 19.9 Å². The Morgan fingerprint density at radius 1 is 1.05 bits per heavy atom. The van der Waals surface area contributed by atoms with Crippen LogP contribution in [-0.2, 0) is 0 Å². The summed E-state index contributed by atoms with van der Waals surface area (Å²) in [4.78, 5) is 25.1. The first-order valence-corrected chi connectivity index (χ1v) is 5.72. The number of nitrogens with two attached hydrogens (primary N) is 2. The number of hydrogen-bond donors (Lipinski definition) is 6. The van der Waals surface area contributed by atoms with Crippen LogP contribution in [0.3, 0.4) is 0 Å². The van der Waals surface area contributed by atoms with Gasteiger partial charge in [-0.15, -0.1) is 0 Å². The fourth-order valence-corrected chi connectivity index (χ4v) is 1.68. The summed E-state index contributed by atoms with van der Waals surface area (Å²) in [6.07, 6.45) is 5.77. The molecule has 0 aromatic carbocycles. The molecule has 1 aliphatic heterocycles. The Hall–Kier alpha value is -3.09. The fraction of sp³-hybridized carbons (Fsp3) is 0.100. The highest BCUT2D eigenvalue weighted by atomic mass is 16.0. The first-order valence-electron chi connectivity index (χ1n) is 5.72. The van der Waals surface area contributed by atoms with E-state index in [-0.39, 0.29) is 17.8 Å². The average molecular weight is 307 g/mol. The average Bonchev–Trinajstić information content (AvgIpc) is 3.08. The number of hydrogen-bond acceptors (Lipinski definition) is 9. The number of anilines is 2. The molecular formula is C10H17N11O. The third-order valence-corrected chi connectivity index (χ3v) is 2.65. The van der Waals surface area contributed by atoms with Crippen molar-refractivity contribution < 1.29 is 5.48 Å². The van der Waals surface area contributed by atoms with E-state index >= 15 is 0 Å². The second-order valence-corrected chi connectivity index (χ2v) is 3.89. The Morgan fingerprint density at radius 2 is 1.82 bits per heavy atom. The highest BCUT2D eigenvalue weighted by Gasteiger charge is 2.14. The number of aromatic nitrogens is 6. The largest absolute Gasteiger partial charge is 0.412 e. The van der Waals surface area contributed by atoms with Gasteiger partial charge in [0.05, 0.1) is 24.7 Å².